The average molecular weight is 436 g/mol. The first-order chi connectivity index (χ1) is 11.0. The summed E-state index contributed by atoms with van der Waals surface area (Å²) in [5.41, 5.74) is 5.15. The highest BCUT2D eigenvalue weighted by Crippen LogP contribution is 2.30. The Hall–Kier alpha value is -1.92. The molecule has 0 fully saturated rings. The van der Waals surface area contributed by atoms with E-state index in [9.17, 15) is 4.79 Å². The summed E-state index contributed by atoms with van der Waals surface area (Å²) in [4.78, 5) is 12.1. The van der Waals surface area contributed by atoms with E-state index in [1.807, 2.05) is 43.3 Å². The Morgan fingerprint density at radius 2 is 2.04 bits per heavy atom. The van der Waals surface area contributed by atoms with Gasteiger partial charge in [-0.2, -0.15) is 5.10 Å². The first-order valence-corrected chi connectivity index (χ1v) is 8.40. The second kappa shape index (κ2) is 6.68. The third-order valence-corrected chi connectivity index (χ3v) is 4.23. The molecule has 23 heavy (non-hydrogen) atoms. The van der Waals surface area contributed by atoms with E-state index < -0.39 is 5.91 Å². The number of hydrazone groups is 1. The highest BCUT2D eigenvalue weighted by Gasteiger charge is 2.14. The number of carbonyl (C=O) groups excluding carboxylic acids is 1. The van der Waals surface area contributed by atoms with Crippen LogP contribution in [0.3, 0.4) is 0 Å². The lowest BCUT2D eigenvalue weighted by Crippen LogP contribution is -2.16. The van der Waals surface area contributed by atoms with Gasteiger partial charge in [0, 0.05) is 9.86 Å². The standard InChI is InChI=1S/C17H12Br2N2O2/c1-10-3-2-4-11(5-10)9-20-21-17(22)15-7-12-6-13(18)8-14(19)16(12)23-15/h2-9H,1H3,(H,21,22)/b20-9-. The molecule has 0 saturated heterocycles. The zero-order valence-corrected chi connectivity index (χ0v) is 15.3. The maximum absolute atomic E-state index is 12.1. The molecule has 1 heterocycles. The molecule has 0 bridgehead atoms. The molecule has 0 aliphatic heterocycles. The molecule has 116 valence electrons. The fourth-order valence-electron chi connectivity index (χ4n) is 2.16. The fraction of sp³-hybridized carbons (Fsp3) is 0.0588. The summed E-state index contributed by atoms with van der Waals surface area (Å²) in [6.45, 7) is 2.00. The second-order valence-corrected chi connectivity index (χ2v) is 6.80. The van der Waals surface area contributed by atoms with Crippen LogP contribution in [0.15, 0.2) is 60.9 Å². The van der Waals surface area contributed by atoms with Gasteiger partial charge in [-0.25, -0.2) is 5.43 Å². The van der Waals surface area contributed by atoms with Crippen molar-refractivity contribution in [1.82, 2.24) is 5.43 Å². The Morgan fingerprint density at radius 3 is 2.83 bits per heavy atom. The molecule has 2 aromatic carbocycles. The van der Waals surface area contributed by atoms with Crippen molar-refractivity contribution >= 4 is 55.0 Å². The molecule has 1 N–H and O–H groups in total. The number of hydrogen-bond acceptors (Lipinski definition) is 3. The molecule has 0 unspecified atom stereocenters. The van der Waals surface area contributed by atoms with Crippen molar-refractivity contribution in [3.8, 4) is 0 Å². The van der Waals surface area contributed by atoms with Gasteiger partial charge in [0.05, 0.1) is 10.7 Å². The van der Waals surface area contributed by atoms with E-state index in [1.165, 1.54) is 0 Å². The molecule has 3 rings (SSSR count). The van der Waals surface area contributed by atoms with Crippen LogP contribution < -0.4 is 5.43 Å². The number of aryl methyl sites for hydroxylation is 1. The predicted molar refractivity (Wildman–Crippen MR) is 97.9 cm³/mol. The summed E-state index contributed by atoms with van der Waals surface area (Å²) in [6, 6.07) is 13.3. The normalized spacial score (nSPS) is 11.3. The smallest absolute Gasteiger partial charge is 0.307 e. The van der Waals surface area contributed by atoms with Crippen LogP contribution in [0.5, 0.6) is 0 Å². The molecule has 0 atom stereocenters. The van der Waals surface area contributed by atoms with E-state index in [4.69, 9.17) is 4.42 Å². The second-order valence-electron chi connectivity index (χ2n) is 5.03. The van der Waals surface area contributed by atoms with Gasteiger partial charge in [-0.05, 0) is 46.6 Å². The topological polar surface area (TPSA) is 54.6 Å². The number of carbonyl (C=O) groups is 1. The number of amides is 1. The molecule has 6 heteroatoms. The van der Waals surface area contributed by atoms with Gasteiger partial charge in [0.2, 0.25) is 0 Å². The molecule has 1 amide bonds. The number of hydrogen-bond donors (Lipinski definition) is 1. The number of benzene rings is 2. The molecule has 0 aliphatic rings. The summed E-state index contributed by atoms with van der Waals surface area (Å²) >= 11 is 6.82. The van der Waals surface area contributed by atoms with Crippen LogP contribution in [0.2, 0.25) is 0 Å². The summed E-state index contributed by atoms with van der Waals surface area (Å²) in [6.07, 6.45) is 1.60. The van der Waals surface area contributed by atoms with E-state index in [2.05, 4.69) is 42.4 Å². The Labute approximate surface area is 149 Å². The summed E-state index contributed by atoms with van der Waals surface area (Å²) < 4.78 is 7.27. The molecule has 0 radical (unpaired) electrons. The van der Waals surface area contributed by atoms with Crippen LogP contribution in [0.1, 0.15) is 21.7 Å². The third-order valence-electron chi connectivity index (χ3n) is 3.18. The molecule has 0 spiro atoms. The zero-order chi connectivity index (χ0) is 16.4. The molecule has 0 aliphatic carbocycles. The van der Waals surface area contributed by atoms with Crippen molar-refractivity contribution in [1.29, 1.82) is 0 Å². The number of halogens is 2. The maximum Gasteiger partial charge on any atom is 0.307 e. The molecule has 3 aromatic rings. The van der Waals surface area contributed by atoms with E-state index in [1.54, 1.807) is 12.3 Å². The van der Waals surface area contributed by atoms with Gasteiger partial charge < -0.3 is 4.42 Å². The third kappa shape index (κ3) is 3.71. The fourth-order valence-corrected chi connectivity index (χ4v) is 3.50. The van der Waals surface area contributed by atoms with Crippen molar-refractivity contribution < 1.29 is 9.21 Å². The summed E-state index contributed by atoms with van der Waals surface area (Å²) in [5, 5.41) is 4.80. The average Bonchev–Trinajstić information content (AvgIpc) is 2.91. The first-order valence-electron chi connectivity index (χ1n) is 6.81. The monoisotopic (exact) mass is 434 g/mol. The largest absolute Gasteiger partial charge is 0.450 e. The minimum atomic E-state index is -0.395. The highest BCUT2D eigenvalue weighted by molar-refractivity contribution is 9.11. The quantitative estimate of drug-likeness (QED) is 0.463. The SMILES string of the molecule is Cc1cccc(/C=N\NC(=O)c2cc3cc(Br)cc(Br)c3o2)c1. The van der Waals surface area contributed by atoms with Crippen molar-refractivity contribution in [2.75, 3.05) is 0 Å². The predicted octanol–water partition coefficient (Wildman–Crippen LogP) is 5.03. The number of furan rings is 1. The summed E-state index contributed by atoms with van der Waals surface area (Å²) in [5.74, 6) is -0.187. The molecule has 1 aromatic heterocycles. The van der Waals surface area contributed by atoms with Crippen LogP contribution in [-0.2, 0) is 0 Å². The minimum Gasteiger partial charge on any atom is -0.450 e. The van der Waals surface area contributed by atoms with E-state index in [0.29, 0.717) is 5.58 Å². The van der Waals surface area contributed by atoms with Crippen LogP contribution in [-0.4, -0.2) is 12.1 Å². The van der Waals surface area contributed by atoms with Gasteiger partial charge in [-0.1, -0.05) is 45.8 Å². The lowest BCUT2D eigenvalue weighted by atomic mass is 10.2. The molecular formula is C17H12Br2N2O2. The molecule has 0 saturated carbocycles. The van der Waals surface area contributed by atoms with Gasteiger partial charge in [0.15, 0.2) is 5.76 Å². The van der Waals surface area contributed by atoms with Crippen LogP contribution >= 0.6 is 31.9 Å². The van der Waals surface area contributed by atoms with Crippen molar-refractivity contribution in [2.24, 2.45) is 5.10 Å². The minimum absolute atomic E-state index is 0.209. The summed E-state index contributed by atoms with van der Waals surface area (Å²) in [7, 11) is 0. The van der Waals surface area contributed by atoms with Crippen LogP contribution in [0, 0.1) is 6.92 Å². The van der Waals surface area contributed by atoms with Crippen LogP contribution in [0.25, 0.3) is 11.0 Å². The first kappa shape index (κ1) is 16.0. The van der Waals surface area contributed by atoms with Crippen molar-refractivity contribution in [3.63, 3.8) is 0 Å². The van der Waals surface area contributed by atoms with E-state index in [0.717, 1.165) is 25.5 Å². The molecule has 4 nitrogen and oxygen atoms in total. The Balaban J connectivity index is 1.77. The lowest BCUT2D eigenvalue weighted by Gasteiger charge is -1.97. The number of fused-ring (bicyclic) bond motifs is 1. The lowest BCUT2D eigenvalue weighted by molar-refractivity contribution is 0.0929. The maximum atomic E-state index is 12.1. The number of nitrogens with zero attached hydrogens (tertiary/aromatic N) is 1. The van der Waals surface area contributed by atoms with Gasteiger partial charge in [0.25, 0.3) is 0 Å². The van der Waals surface area contributed by atoms with E-state index >= 15 is 0 Å². The zero-order valence-electron chi connectivity index (χ0n) is 12.1. The van der Waals surface area contributed by atoms with Gasteiger partial charge in [-0.3, -0.25) is 4.79 Å². The highest BCUT2D eigenvalue weighted by atomic mass is 79.9. The van der Waals surface area contributed by atoms with Crippen molar-refractivity contribution in [3.05, 3.63) is 68.3 Å². The van der Waals surface area contributed by atoms with Gasteiger partial charge in [0.1, 0.15) is 5.58 Å². The Bertz CT molecular complexity index is 916. The Kier molecular flexibility index (Phi) is 4.63. The van der Waals surface area contributed by atoms with Crippen LogP contribution in [0.4, 0.5) is 0 Å². The van der Waals surface area contributed by atoms with E-state index in [-0.39, 0.29) is 5.76 Å². The molecular weight excluding hydrogens is 424 g/mol. The van der Waals surface area contributed by atoms with Gasteiger partial charge >= 0.3 is 5.91 Å². The van der Waals surface area contributed by atoms with Crippen molar-refractivity contribution in [2.45, 2.75) is 6.92 Å². The van der Waals surface area contributed by atoms with Gasteiger partial charge in [-0.15, -0.1) is 0 Å². The number of rotatable bonds is 3. The Morgan fingerprint density at radius 1 is 1.22 bits per heavy atom. The number of nitrogens with one attached hydrogen (secondary N) is 1.